The van der Waals surface area contributed by atoms with E-state index in [1.807, 2.05) is 25.1 Å². The number of aryl methyl sites for hydroxylation is 1. The number of rotatable bonds is 6. The Labute approximate surface area is 161 Å². The highest BCUT2D eigenvalue weighted by molar-refractivity contribution is 5.55. The number of nitrogens with zero attached hydrogens (tertiary/aromatic N) is 3. The van der Waals surface area contributed by atoms with E-state index in [1.54, 1.807) is 14.2 Å². The molecule has 2 heterocycles. The van der Waals surface area contributed by atoms with Crippen molar-refractivity contribution < 1.29 is 9.47 Å². The number of nitrogens with one attached hydrogen (secondary N) is 1. The van der Waals surface area contributed by atoms with Gasteiger partial charge < -0.3 is 19.7 Å². The van der Waals surface area contributed by atoms with Crippen LogP contribution in [0.25, 0.3) is 0 Å². The van der Waals surface area contributed by atoms with Crippen LogP contribution in [0.3, 0.4) is 0 Å². The summed E-state index contributed by atoms with van der Waals surface area (Å²) < 4.78 is 10.7. The molecule has 6 heteroatoms. The molecular formula is C21H30N4O2. The minimum atomic E-state index is 0.356. The fourth-order valence-corrected chi connectivity index (χ4v) is 3.50. The molecular weight excluding hydrogens is 340 g/mol. The summed E-state index contributed by atoms with van der Waals surface area (Å²) in [4.78, 5) is 11.6. The summed E-state index contributed by atoms with van der Waals surface area (Å²) in [7, 11) is 3.31. The summed E-state index contributed by atoms with van der Waals surface area (Å²) in [5, 5.41) is 3.64. The van der Waals surface area contributed by atoms with Crippen molar-refractivity contribution in [2.45, 2.75) is 45.6 Å². The summed E-state index contributed by atoms with van der Waals surface area (Å²) in [6.45, 7) is 8.26. The molecule has 0 amide bonds. The predicted octanol–water partition coefficient (Wildman–Crippen LogP) is 4.01. The summed E-state index contributed by atoms with van der Waals surface area (Å²) in [6.07, 6.45) is 2.26. The van der Waals surface area contributed by atoms with Gasteiger partial charge in [0.25, 0.3) is 0 Å². The van der Waals surface area contributed by atoms with E-state index in [0.29, 0.717) is 12.0 Å². The first-order chi connectivity index (χ1) is 13.0. The Bertz CT molecular complexity index is 779. The molecule has 1 fully saturated rings. The highest BCUT2D eigenvalue weighted by Crippen LogP contribution is 2.31. The summed E-state index contributed by atoms with van der Waals surface area (Å²) in [5.74, 6) is 3.75. The Kier molecular flexibility index (Phi) is 6.04. The Morgan fingerprint density at radius 2 is 1.89 bits per heavy atom. The van der Waals surface area contributed by atoms with E-state index in [1.165, 1.54) is 0 Å². The van der Waals surface area contributed by atoms with Gasteiger partial charge in [-0.05, 0) is 37.8 Å². The molecule has 146 valence electrons. The second-order valence-electron chi connectivity index (χ2n) is 7.35. The van der Waals surface area contributed by atoms with Crippen LogP contribution in [0.4, 0.5) is 11.5 Å². The zero-order chi connectivity index (χ0) is 19.4. The van der Waals surface area contributed by atoms with Gasteiger partial charge in [0.1, 0.15) is 11.6 Å². The van der Waals surface area contributed by atoms with Crippen molar-refractivity contribution in [2.24, 2.45) is 0 Å². The standard InChI is InChI=1S/C21H30N4O2/c1-14(2)18-12-21(23-15(3)22-18)25-10-6-7-17(13-25)24-16-8-9-19(26-4)20(11-16)27-5/h8-9,11-12,14,17,24H,6-7,10,13H2,1-5H3/t17-/m0/s1. The van der Waals surface area contributed by atoms with Crippen LogP contribution < -0.4 is 19.7 Å². The molecule has 1 aromatic carbocycles. The highest BCUT2D eigenvalue weighted by Gasteiger charge is 2.22. The number of hydrogen-bond donors (Lipinski definition) is 1. The van der Waals surface area contributed by atoms with Gasteiger partial charge in [-0.15, -0.1) is 0 Å². The molecule has 0 radical (unpaired) electrons. The molecule has 0 spiro atoms. The summed E-state index contributed by atoms with van der Waals surface area (Å²) in [5.41, 5.74) is 2.15. The minimum Gasteiger partial charge on any atom is -0.493 e. The molecule has 6 nitrogen and oxygen atoms in total. The first kappa shape index (κ1) is 19.3. The number of methoxy groups -OCH3 is 2. The molecule has 1 aromatic heterocycles. The highest BCUT2D eigenvalue weighted by atomic mass is 16.5. The summed E-state index contributed by atoms with van der Waals surface area (Å²) >= 11 is 0. The lowest BCUT2D eigenvalue weighted by Gasteiger charge is -2.35. The van der Waals surface area contributed by atoms with Crippen molar-refractivity contribution in [1.29, 1.82) is 0 Å². The molecule has 0 aliphatic carbocycles. The Balaban J connectivity index is 1.73. The van der Waals surface area contributed by atoms with Crippen LogP contribution >= 0.6 is 0 Å². The molecule has 1 aliphatic rings. The smallest absolute Gasteiger partial charge is 0.162 e. The van der Waals surface area contributed by atoms with Gasteiger partial charge in [-0.3, -0.25) is 0 Å². The van der Waals surface area contributed by atoms with Gasteiger partial charge >= 0.3 is 0 Å². The van der Waals surface area contributed by atoms with Crippen LogP contribution in [0, 0.1) is 6.92 Å². The van der Waals surface area contributed by atoms with E-state index in [2.05, 4.69) is 40.1 Å². The minimum absolute atomic E-state index is 0.356. The fourth-order valence-electron chi connectivity index (χ4n) is 3.50. The van der Waals surface area contributed by atoms with Gasteiger partial charge in [-0.1, -0.05) is 13.8 Å². The van der Waals surface area contributed by atoms with Crippen LogP contribution in [0.1, 0.15) is 44.1 Å². The number of benzene rings is 1. The lowest BCUT2D eigenvalue weighted by atomic mass is 10.0. The van der Waals surface area contributed by atoms with Crippen LogP contribution in [0.5, 0.6) is 11.5 Å². The van der Waals surface area contributed by atoms with Crippen molar-refractivity contribution in [1.82, 2.24) is 9.97 Å². The van der Waals surface area contributed by atoms with Crippen molar-refractivity contribution in [3.63, 3.8) is 0 Å². The Morgan fingerprint density at radius 3 is 2.59 bits per heavy atom. The fraction of sp³-hybridized carbons (Fsp3) is 0.524. The summed E-state index contributed by atoms with van der Waals surface area (Å²) in [6, 6.07) is 8.45. The van der Waals surface area contributed by atoms with Crippen LogP contribution in [-0.2, 0) is 0 Å². The average Bonchev–Trinajstić information content (AvgIpc) is 2.67. The van der Waals surface area contributed by atoms with Crippen LogP contribution in [0.15, 0.2) is 24.3 Å². The van der Waals surface area contributed by atoms with Crippen molar-refractivity contribution in [3.8, 4) is 11.5 Å². The lowest BCUT2D eigenvalue weighted by Crippen LogP contribution is -2.42. The van der Waals surface area contributed by atoms with Crippen LogP contribution in [-0.4, -0.2) is 43.3 Å². The molecule has 1 saturated heterocycles. The predicted molar refractivity (Wildman–Crippen MR) is 109 cm³/mol. The topological polar surface area (TPSA) is 59.5 Å². The van der Waals surface area contributed by atoms with Crippen molar-refractivity contribution in [3.05, 3.63) is 35.8 Å². The number of aromatic nitrogens is 2. The van der Waals surface area contributed by atoms with E-state index in [0.717, 1.165) is 60.5 Å². The molecule has 0 saturated carbocycles. The van der Waals surface area contributed by atoms with Gasteiger partial charge in [0.05, 0.1) is 14.2 Å². The second kappa shape index (κ2) is 8.46. The largest absolute Gasteiger partial charge is 0.493 e. The normalized spacial score (nSPS) is 17.1. The molecule has 0 unspecified atom stereocenters. The van der Waals surface area contributed by atoms with Crippen molar-refractivity contribution in [2.75, 3.05) is 37.5 Å². The zero-order valence-electron chi connectivity index (χ0n) is 17.0. The monoisotopic (exact) mass is 370 g/mol. The van der Waals surface area contributed by atoms with Gasteiger partial charge in [-0.2, -0.15) is 0 Å². The zero-order valence-corrected chi connectivity index (χ0v) is 17.0. The Hall–Kier alpha value is -2.50. The SMILES string of the molecule is COc1ccc(N[C@H]2CCCN(c3cc(C(C)C)nc(C)n3)C2)cc1OC. The molecule has 27 heavy (non-hydrogen) atoms. The first-order valence-electron chi connectivity index (χ1n) is 9.59. The van der Waals surface area contributed by atoms with E-state index >= 15 is 0 Å². The first-order valence-corrected chi connectivity index (χ1v) is 9.59. The van der Waals surface area contributed by atoms with E-state index in [9.17, 15) is 0 Å². The van der Waals surface area contributed by atoms with Crippen molar-refractivity contribution >= 4 is 11.5 Å². The molecule has 1 aliphatic heterocycles. The Morgan fingerprint density at radius 1 is 1.11 bits per heavy atom. The number of piperidine rings is 1. The van der Waals surface area contributed by atoms with Crippen LogP contribution in [0.2, 0.25) is 0 Å². The molecule has 2 aromatic rings. The molecule has 0 bridgehead atoms. The number of ether oxygens (including phenoxy) is 2. The molecule has 1 N–H and O–H groups in total. The van der Waals surface area contributed by atoms with Gasteiger partial charge in [0, 0.05) is 42.6 Å². The van der Waals surface area contributed by atoms with Gasteiger partial charge in [-0.25, -0.2) is 9.97 Å². The van der Waals surface area contributed by atoms with Gasteiger partial charge in [0.15, 0.2) is 11.5 Å². The number of anilines is 2. The second-order valence-corrected chi connectivity index (χ2v) is 7.35. The maximum atomic E-state index is 5.41. The van der Waals surface area contributed by atoms with E-state index < -0.39 is 0 Å². The maximum absolute atomic E-state index is 5.41. The molecule has 1 atom stereocenters. The van der Waals surface area contributed by atoms with E-state index in [-0.39, 0.29) is 0 Å². The maximum Gasteiger partial charge on any atom is 0.162 e. The van der Waals surface area contributed by atoms with E-state index in [4.69, 9.17) is 9.47 Å². The average molecular weight is 370 g/mol. The molecule has 3 rings (SSSR count). The number of hydrogen-bond acceptors (Lipinski definition) is 6. The third kappa shape index (κ3) is 4.62. The lowest BCUT2D eigenvalue weighted by molar-refractivity contribution is 0.355. The third-order valence-electron chi connectivity index (χ3n) is 4.94. The third-order valence-corrected chi connectivity index (χ3v) is 4.94. The quantitative estimate of drug-likeness (QED) is 0.829. The van der Waals surface area contributed by atoms with Gasteiger partial charge in [0.2, 0.25) is 0 Å².